The molecule has 0 spiro atoms. The van der Waals surface area contributed by atoms with Crippen molar-refractivity contribution >= 4 is 32.8 Å². The highest BCUT2D eigenvalue weighted by Crippen LogP contribution is 2.33. The Hall–Kier alpha value is -1.79. The van der Waals surface area contributed by atoms with E-state index in [1.54, 1.807) is 18.2 Å². The molecule has 108 valence electrons. The highest BCUT2D eigenvalue weighted by atomic mass is 79.9. The molecule has 1 N–H and O–H groups in total. The highest BCUT2D eigenvalue weighted by Gasteiger charge is 2.12. The minimum Gasteiger partial charge on any atom is -0.507 e. The lowest BCUT2D eigenvalue weighted by Gasteiger charge is -2.02. The molecule has 0 amide bonds. The molecule has 2 aromatic carbocycles. The van der Waals surface area contributed by atoms with Gasteiger partial charge in [0.15, 0.2) is 11.5 Å². The summed E-state index contributed by atoms with van der Waals surface area (Å²) in [5.74, 6) is 1.38. The molecule has 2 aromatic rings. The highest BCUT2D eigenvalue weighted by molar-refractivity contribution is 9.10. The van der Waals surface area contributed by atoms with Crippen LogP contribution in [0.4, 0.5) is 0 Å². The number of benzene rings is 2. The predicted octanol–water partition coefficient (Wildman–Crippen LogP) is 3.66. The van der Waals surface area contributed by atoms with Crippen molar-refractivity contribution in [1.29, 1.82) is 0 Å². The molecular weight excluding hydrogens is 356 g/mol. The topological polar surface area (TPSA) is 55.8 Å². The molecule has 21 heavy (non-hydrogen) atoms. The maximum Gasteiger partial charge on any atom is 0.231 e. The first-order valence-corrected chi connectivity index (χ1v) is 8.11. The fourth-order valence-corrected chi connectivity index (χ4v) is 3.13. The molecule has 0 saturated carbocycles. The van der Waals surface area contributed by atoms with Crippen LogP contribution >= 0.6 is 15.9 Å². The van der Waals surface area contributed by atoms with E-state index in [-0.39, 0.29) is 12.5 Å². The number of phenols is 1. The first kappa shape index (κ1) is 14.2. The van der Waals surface area contributed by atoms with E-state index in [1.807, 2.05) is 18.2 Å². The molecule has 0 bridgehead atoms. The fourth-order valence-electron chi connectivity index (χ4n) is 1.89. The second kappa shape index (κ2) is 5.91. The van der Waals surface area contributed by atoms with E-state index < -0.39 is 10.8 Å². The monoisotopic (exact) mass is 366 g/mol. The van der Waals surface area contributed by atoms with Crippen molar-refractivity contribution in [2.75, 3.05) is 6.79 Å². The van der Waals surface area contributed by atoms with Crippen LogP contribution in [0.15, 0.2) is 51.2 Å². The van der Waals surface area contributed by atoms with Crippen molar-refractivity contribution in [3.63, 3.8) is 0 Å². The summed E-state index contributed by atoms with van der Waals surface area (Å²) in [5.41, 5.74) is 0.851. The molecule has 1 heterocycles. The van der Waals surface area contributed by atoms with Crippen molar-refractivity contribution in [3.8, 4) is 17.2 Å². The second-order valence-corrected chi connectivity index (χ2v) is 6.55. The number of ether oxygens (including phenoxy) is 2. The van der Waals surface area contributed by atoms with Crippen LogP contribution in [0, 0.1) is 0 Å². The normalized spacial score (nSPS) is 14.5. The van der Waals surface area contributed by atoms with Gasteiger partial charge >= 0.3 is 0 Å². The summed E-state index contributed by atoms with van der Waals surface area (Å²) in [6.07, 6.45) is 1.72. The first-order chi connectivity index (χ1) is 10.1. The smallest absolute Gasteiger partial charge is 0.231 e. The van der Waals surface area contributed by atoms with Crippen LogP contribution in [0.1, 0.15) is 5.56 Å². The molecule has 1 unspecified atom stereocenters. The number of phenolic OH excluding ortho intramolecular Hbond substituents is 1. The second-order valence-electron chi connectivity index (χ2n) is 4.32. The lowest BCUT2D eigenvalue weighted by atomic mass is 10.2. The molecule has 0 fully saturated rings. The van der Waals surface area contributed by atoms with Crippen molar-refractivity contribution in [1.82, 2.24) is 0 Å². The number of fused-ring (bicyclic) bond motifs is 1. The van der Waals surface area contributed by atoms with E-state index in [4.69, 9.17) is 9.47 Å². The molecular formula is C15H11BrO4S. The van der Waals surface area contributed by atoms with E-state index in [1.165, 1.54) is 11.5 Å². The largest absolute Gasteiger partial charge is 0.507 e. The zero-order chi connectivity index (χ0) is 14.8. The van der Waals surface area contributed by atoms with Crippen LogP contribution < -0.4 is 9.47 Å². The van der Waals surface area contributed by atoms with Crippen molar-refractivity contribution in [2.24, 2.45) is 0 Å². The first-order valence-electron chi connectivity index (χ1n) is 6.10. The summed E-state index contributed by atoms with van der Waals surface area (Å²) >= 11 is 3.25. The van der Waals surface area contributed by atoms with Crippen molar-refractivity contribution < 1.29 is 18.8 Å². The Morgan fingerprint density at radius 3 is 2.76 bits per heavy atom. The Morgan fingerprint density at radius 1 is 1.14 bits per heavy atom. The van der Waals surface area contributed by atoms with Gasteiger partial charge in [-0.3, -0.25) is 0 Å². The lowest BCUT2D eigenvalue weighted by molar-refractivity contribution is 0.174. The molecule has 1 aliphatic rings. The van der Waals surface area contributed by atoms with Gasteiger partial charge in [-0.05, 0) is 42.0 Å². The van der Waals surface area contributed by atoms with Crippen LogP contribution in [0.25, 0.3) is 6.08 Å². The quantitative estimate of drug-likeness (QED) is 0.900. The molecule has 3 rings (SSSR count). The minimum atomic E-state index is -1.43. The molecule has 0 saturated heterocycles. The minimum absolute atomic E-state index is 0.00181. The standard InChI is InChI=1S/C15H11BrO4S/c16-11-2-4-15(12(17)8-11)21(18)6-5-10-1-3-13-14(7-10)20-9-19-13/h1-8,17H,9H2/b6-5+. The van der Waals surface area contributed by atoms with Crippen LogP contribution in [-0.2, 0) is 10.8 Å². The Balaban J connectivity index is 1.80. The SMILES string of the molecule is O=S(/C=C/c1ccc2c(c1)OCO2)c1ccc(Br)cc1O. The van der Waals surface area contributed by atoms with Gasteiger partial charge in [0, 0.05) is 9.88 Å². The molecule has 1 aliphatic heterocycles. The summed E-state index contributed by atoms with van der Waals surface area (Å²) < 4.78 is 23.4. The van der Waals surface area contributed by atoms with E-state index >= 15 is 0 Å². The zero-order valence-corrected chi connectivity index (χ0v) is 13.2. The van der Waals surface area contributed by atoms with Gasteiger partial charge in [-0.25, -0.2) is 4.21 Å². The Bertz CT molecular complexity index is 742. The molecule has 0 aliphatic carbocycles. The maximum atomic E-state index is 12.2. The zero-order valence-electron chi connectivity index (χ0n) is 10.8. The van der Waals surface area contributed by atoms with Gasteiger partial charge in [0.25, 0.3) is 0 Å². The maximum absolute atomic E-state index is 12.2. The molecule has 1 atom stereocenters. The third-order valence-electron chi connectivity index (χ3n) is 2.92. The average Bonchev–Trinajstić information content (AvgIpc) is 2.92. The van der Waals surface area contributed by atoms with E-state index in [2.05, 4.69) is 15.9 Å². The van der Waals surface area contributed by atoms with Crippen LogP contribution in [0.2, 0.25) is 0 Å². The predicted molar refractivity (Wildman–Crippen MR) is 83.8 cm³/mol. The molecule has 6 heteroatoms. The van der Waals surface area contributed by atoms with Crippen LogP contribution in [0.5, 0.6) is 17.2 Å². The third kappa shape index (κ3) is 3.11. The van der Waals surface area contributed by atoms with E-state index in [0.717, 1.165) is 10.0 Å². The molecule has 0 aromatic heterocycles. The van der Waals surface area contributed by atoms with Crippen molar-refractivity contribution in [2.45, 2.75) is 4.90 Å². The van der Waals surface area contributed by atoms with Gasteiger partial charge in [0.05, 0.1) is 15.7 Å². The van der Waals surface area contributed by atoms with Gasteiger partial charge in [-0.2, -0.15) is 0 Å². The number of hydrogen-bond acceptors (Lipinski definition) is 4. The number of halogens is 1. The average molecular weight is 367 g/mol. The van der Waals surface area contributed by atoms with Crippen LogP contribution in [0.3, 0.4) is 0 Å². The summed E-state index contributed by atoms with van der Waals surface area (Å²) in [6.45, 7) is 0.223. The summed E-state index contributed by atoms with van der Waals surface area (Å²) in [5, 5.41) is 11.3. The Labute approximate surface area is 132 Å². The van der Waals surface area contributed by atoms with Gasteiger partial charge < -0.3 is 14.6 Å². The summed E-state index contributed by atoms with van der Waals surface area (Å²) in [7, 11) is -1.43. The number of aromatic hydroxyl groups is 1. The molecule has 0 radical (unpaired) electrons. The van der Waals surface area contributed by atoms with Crippen molar-refractivity contribution in [3.05, 3.63) is 51.8 Å². The van der Waals surface area contributed by atoms with Gasteiger partial charge in [-0.15, -0.1) is 0 Å². The fraction of sp³-hybridized carbons (Fsp3) is 0.0667. The third-order valence-corrected chi connectivity index (χ3v) is 4.57. The number of hydrogen-bond donors (Lipinski definition) is 1. The Morgan fingerprint density at radius 2 is 1.95 bits per heavy atom. The van der Waals surface area contributed by atoms with E-state index in [9.17, 15) is 9.32 Å². The lowest BCUT2D eigenvalue weighted by Crippen LogP contribution is -1.92. The summed E-state index contributed by atoms with van der Waals surface area (Å²) in [6, 6.07) is 10.4. The summed E-state index contributed by atoms with van der Waals surface area (Å²) in [4.78, 5) is 0.371. The van der Waals surface area contributed by atoms with Gasteiger partial charge in [0.1, 0.15) is 5.75 Å². The van der Waals surface area contributed by atoms with Gasteiger partial charge in [0.2, 0.25) is 6.79 Å². The Kier molecular flexibility index (Phi) is 3.98. The number of rotatable bonds is 3. The van der Waals surface area contributed by atoms with Crippen LogP contribution in [-0.4, -0.2) is 16.1 Å². The van der Waals surface area contributed by atoms with Gasteiger partial charge in [-0.1, -0.05) is 22.0 Å². The molecule has 4 nitrogen and oxygen atoms in total. The van der Waals surface area contributed by atoms with E-state index in [0.29, 0.717) is 16.4 Å².